The first-order valence-electron chi connectivity index (χ1n) is 9.90. The number of hydrogen-bond donors (Lipinski definition) is 0. The van der Waals surface area contributed by atoms with Crippen LogP contribution >= 0.6 is 11.6 Å². The van der Waals surface area contributed by atoms with Gasteiger partial charge in [0.1, 0.15) is 12.4 Å². The summed E-state index contributed by atoms with van der Waals surface area (Å²) in [4.78, 5) is 15.5. The number of ether oxygens (including phenoxy) is 1. The van der Waals surface area contributed by atoms with E-state index in [0.29, 0.717) is 17.3 Å². The zero-order chi connectivity index (χ0) is 21.1. The van der Waals surface area contributed by atoms with Crippen molar-refractivity contribution in [2.45, 2.75) is 32.8 Å². The first kappa shape index (κ1) is 23.6. The minimum atomic E-state index is -1.28. The summed E-state index contributed by atoms with van der Waals surface area (Å²) in [6, 6.07) is 18.8. The Balaban J connectivity index is 0.00000272. The molecule has 0 saturated carbocycles. The molecule has 0 atom stereocenters. The first-order valence-corrected chi connectivity index (χ1v) is 10.3. The van der Waals surface area contributed by atoms with E-state index in [2.05, 4.69) is 36.2 Å². The molecule has 1 aliphatic rings. The number of aryl methyl sites for hydroxylation is 1. The Hall–Kier alpha value is -2.11. The van der Waals surface area contributed by atoms with Crippen LogP contribution in [0, 0.1) is 6.92 Å². The van der Waals surface area contributed by atoms with Crippen molar-refractivity contribution < 1.29 is 44.2 Å². The Kier molecular flexibility index (Phi) is 7.95. The summed E-state index contributed by atoms with van der Waals surface area (Å²) >= 11 is 6.31. The van der Waals surface area contributed by atoms with E-state index in [1.165, 1.54) is 11.6 Å². The molecule has 1 aliphatic carbocycles. The number of nitrogens with zero attached hydrogens (tertiary/aromatic N) is 1. The molecule has 0 spiro atoms. The zero-order valence-corrected chi connectivity index (χ0v) is 20.4. The summed E-state index contributed by atoms with van der Waals surface area (Å²) in [5.74, 6) is -0.521. The van der Waals surface area contributed by atoms with Crippen molar-refractivity contribution in [2.75, 3.05) is 0 Å². The van der Waals surface area contributed by atoms with E-state index in [1.54, 1.807) is 6.07 Å². The van der Waals surface area contributed by atoms with Crippen LogP contribution < -0.4 is 39.4 Å². The van der Waals surface area contributed by atoms with Gasteiger partial charge in [0.25, 0.3) is 0 Å². The number of allylic oxidation sites excluding steroid dienone is 2. The summed E-state index contributed by atoms with van der Waals surface area (Å²) in [6.45, 7) is 2.51. The van der Waals surface area contributed by atoms with E-state index in [1.807, 2.05) is 24.3 Å². The number of aromatic carboxylic acids is 1. The van der Waals surface area contributed by atoms with Crippen LogP contribution in [0.2, 0.25) is 5.02 Å². The van der Waals surface area contributed by atoms with Crippen molar-refractivity contribution in [1.29, 1.82) is 0 Å². The summed E-state index contributed by atoms with van der Waals surface area (Å²) in [5.41, 5.74) is 5.95. The average Bonchev–Trinajstić information content (AvgIpc) is 3.24. The standard InChI is InChI=1S/C25H22ClNO3.Na/c1-16-8-10-17(11-9-16)15-30-24-13-12-18(26)14-21(24)19-4-2-5-20(19)22-6-3-7-23(27-22)25(28)29;/h3,6-14H,2,4-5,15H2,1H3,(H,28,29);/q;+1/p-1. The van der Waals surface area contributed by atoms with Crippen LogP contribution in [-0.2, 0) is 6.61 Å². The molecule has 4 rings (SSSR count). The van der Waals surface area contributed by atoms with E-state index >= 15 is 0 Å². The van der Waals surface area contributed by atoms with E-state index in [0.717, 1.165) is 47.3 Å². The number of carboxylic acids is 1. The molecule has 0 bridgehead atoms. The molecule has 6 heteroatoms. The molecule has 0 amide bonds. The molecular weight excluding hydrogens is 421 g/mol. The van der Waals surface area contributed by atoms with Gasteiger partial charge in [0, 0.05) is 10.6 Å². The Morgan fingerprint density at radius 2 is 1.81 bits per heavy atom. The summed E-state index contributed by atoms with van der Waals surface area (Å²) in [7, 11) is 0. The molecule has 1 heterocycles. The third kappa shape index (κ3) is 5.58. The number of halogens is 1. The van der Waals surface area contributed by atoms with Crippen LogP contribution in [0.3, 0.4) is 0 Å². The van der Waals surface area contributed by atoms with E-state index in [9.17, 15) is 9.90 Å². The second kappa shape index (κ2) is 10.5. The second-order valence-electron chi connectivity index (χ2n) is 7.42. The van der Waals surface area contributed by atoms with Crippen molar-refractivity contribution in [3.05, 3.63) is 93.8 Å². The summed E-state index contributed by atoms with van der Waals surface area (Å²) < 4.78 is 6.16. The molecule has 0 aliphatic heterocycles. The third-order valence-corrected chi connectivity index (χ3v) is 5.50. The number of aromatic nitrogens is 1. The van der Waals surface area contributed by atoms with Gasteiger partial charge in [0.2, 0.25) is 0 Å². The minimum Gasteiger partial charge on any atom is -0.543 e. The van der Waals surface area contributed by atoms with Gasteiger partial charge in [-0.15, -0.1) is 0 Å². The maximum absolute atomic E-state index is 11.2. The zero-order valence-electron chi connectivity index (χ0n) is 17.7. The second-order valence-corrected chi connectivity index (χ2v) is 7.86. The van der Waals surface area contributed by atoms with Crippen molar-refractivity contribution >= 4 is 28.7 Å². The molecule has 152 valence electrons. The first-order chi connectivity index (χ1) is 14.5. The van der Waals surface area contributed by atoms with Gasteiger partial charge in [-0.1, -0.05) is 47.5 Å². The predicted molar refractivity (Wildman–Crippen MR) is 116 cm³/mol. The van der Waals surface area contributed by atoms with Crippen LogP contribution in [0.15, 0.2) is 60.7 Å². The van der Waals surface area contributed by atoms with Crippen LogP contribution in [0.4, 0.5) is 0 Å². The molecule has 0 fully saturated rings. The van der Waals surface area contributed by atoms with Gasteiger partial charge in [0.15, 0.2) is 0 Å². The molecule has 31 heavy (non-hydrogen) atoms. The fourth-order valence-electron chi connectivity index (χ4n) is 3.75. The fraction of sp³-hybridized carbons (Fsp3) is 0.200. The van der Waals surface area contributed by atoms with Crippen molar-refractivity contribution in [1.82, 2.24) is 4.98 Å². The Morgan fingerprint density at radius 3 is 2.55 bits per heavy atom. The molecule has 4 nitrogen and oxygen atoms in total. The molecule has 0 saturated heterocycles. The van der Waals surface area contributed by atoms with Crippen LogP contribution in [-0.4, -0.2) is 11.0 Å². The third-order valence-electron chi connectivity index (χ3n) is 5.27. The number of carbonyl (C=O) groups excluding carboxylic acids is 1. The topological polar surface area (TPSA) is 62.2 Å². The molecular formula is C25H21ClNNaO3. The van der Waals surface area contributed by atoms with Gasteiger partial charge < -0.3 is 14.6 Å². The van der Waals surface area contributed by atoms with Gasteiger partial charge in [-0.25, -0.2) is 4.98 Å². The van der Waals surface area contributed by atoms with E-state index in [-0.39, 0.29) is 35.3 Å². The largest absolute Gasteiger partial charge is 1.00 e. The molecule has 0 unspecified atom stereocenters. The number of pyridine rings is 1. The number of carbonyl (C=O) groups is 1. The SMILES string of the molecule is Cc1ccc(COc2ccc(Cl)cc2C2=C(c3cccc(C(=O)[O-])n3)CCC2)cc1.[Na+]. The van der Waals surface area contributed by atoms with Gasteiger partial charge >= 0.3 is 29.6 Å². The Bertz CT molecular complexity index is 1130. The number of benzene rings is 2. The van der Waals surface area contributed by atoms with Crippen molar-refractivity contribution in [3.8, 4) is 5.75 Å². The quantitative estimate of drug-likeness (QED) is 0.549. The summed E-state index contributed by atoms with van der Waals surface area (Å²) in [6.07, 6.45) is 2.64. The van der Waals surface area contributed by atoms with Crippen LogP contribution in [0.1, 0.15) is 52.1 Å². The average molecular weight is 442 g/mol. The Labute approximate surface area is 209 Å². The molecule has 0 N–H and O–H groups in total. The van der Waals surface area contributed by atoms with Gasteiger partial charge in [-0.2, -0.15) is 0 Å². The Morgan fingerprint density at radius 1 is 1.06 bits per heavy atom. The normalized spacial score (nSPS) is 13.1. The number of carboxylic acid groups (broad SMARTS) is 1. The molecule has 3 aromatic rings. The number of rotatable bonds is 6. The molecule has 1 aromatic heterocycles. The number of hydrogen-bond acceptors (Lipinski definition) is 4. The van der Waals surface area contributed by atoms with Gasteiger partial charge in [-0.3, -0.25) is 0 Å². The maximum Gasteiger partial charge on any atom is 1.00 e. The molecule has 0 radical (unpaired) electrons. The summed E-state index contributed by atoms with van der Waals surface area (Å²) in [5, 5.41) is 11.9. The van der Waals surface area contributed by atoms with Crippen LogP contribution in [0.5, 0.6) is 5.75 Å². The fourth-order valence-corrected chi connectivity index (χ4v) is 3.92. The smallest absolute Gasteiger partial charge is 0.543 e. The van der Waals surface area contributed by atoms with E-state index in [4.69, 9.17) is 16.3 Å². The van der Waals surface area contributed by atoms with Crippen molar-refractivity contribution in [3.63, 3.8) is 0 Å². The van der Waals surface area contributed by atoms with Crippen LogP contribution in [0.25, 0.3) is 11.1 Å². The maximum atomic E-state index is 11.2. The van der Waals surface area contributed by atoms with Gasteiger partial charge in [-0.05, 0) is 73.2 Å². The van der Waals surface area contributed by atoms with E-state index < -0.39 is 5.97 Å². The molecule has 2 aromatic carbocycles. The monoisotopic (exact) mass is 441 g/mol. The van der Waals surface area contributed by atoms with Crippen molar-refractivity contribution in [2.24, 2.45) is 0 Å². The predicted octanol–water partition coefficient (Wildman–Crippen LogP) is 2.08. The minimum absolute atomic E-state index is 0. The van der Waals surface area contributed by atoms with Gasteiger partial charge in [0.05, 0.1) is 17.4 Å².